The maximum Gasteiger partial charge on any atom is 0.213 e. The van der Waals surface area contributed by atoms with Crippen molar-refractivity contribution in [1.29, 1.82) is 5.26 Å². The fourth-order valence-electron chi connectivity index (χ4n) is 1.55. The van der Waals surface area contributed by atoms with E-state index in [4.69, 9.17) is 5.26 Å². The SMILES string of the molecule is N#Cc1cc(F)cc(CNCCc2ncon2)c1. The number of hydrogen-bond acceptors (Lipinski definition) is 5. The minimum Gasteiger partial charge on any atom is -0.343 e. The fraction of sp³-hybridized carbons (Fsp3) is 0.250. The third-order valence-electron chi connectivity index (χ3n) is 2.35. The van der Waals surface area contributed by atoms with Crippen LogP contribution in [-0.4, -0.2) is 16.7 Å². The molecule has 0 aliphatic heterocycles. The Labute approximate surface area is 103 Å². The van der Waals surface area contributed by atoms with E-state index < -0.39 is 5.82 Å². The predicted molar refractivity (Wildman–Crippen MR) is 60.8 cm³/mol. The van der Waals surface area contributed by atoms with Gasteiger partial charge in [0.2, 0.25) is 6.39 Å². The molecular formula is C12H11FN4O. The van der Waals surface area contributed by atoms with Crippen LogP contribution in [0.3, 0.4) is 0 Å². The zero-order valence-corrected chi connectivity index (χ0v) is 9.56. The van der Waals surface area contributed by atoms with Crippen LogP contribution in [0.4, 0.5) is 4.39 Å². The molecule has 1 N–H and O–H groups in total. The van der Waals surface area contributed by atoms with Crippen LogP contribution >= 0.6 is 0 Å². The summed E-state index contributed by atoms with van der Waals surface area (Å²) in [5, 5.41) is 15.5. The highest BCUT2D eigenvalue weighted by Gasteiger charge is 2.01. The number of rotatable bonds is 5. The van der Waals surface area contributed by atoms with Crippen LogP contribution in [0.15, 0.2) is 29.1 Å². The molecule has 0 bridgehead atoms. The molecule has 0 aliphatic carbocycles. The van der Waals surface area contributed by atoms with Gasteiger partial charge in [-0.1, -0.05) is 5.16 Å². The first-order chi connectivity index (χ1) is 8.78. The summed E-state index contributed by atoms with van der Waals surface area (Å²) >= 11 is 0. The lowest BCUT2D eigenvalue weighted by Crippen LogP contribution is -2.17. The van der Waals surface area contributed by atoms with E-state index in [0.29, 0.717) is 30.9 Å². The Balaban J connectivity index is 1.83. The van der Waals surface area contributed by atoms with Gasteiger partial charge in [0, 0.05) is 19.5 Å². The van der Waals surface area contributed by atoms with E-state index in [-0.39, 0.29) is 0 Å². The molecular weight excluding hydrogens is 235 g/mol. The lowest BCUT2D eigenvalue weighted by molar-refractivity contribution is 0.409. The summed E-state index contributed by atoms with van der Waals surface area (Å²) in [4.78, 5) is 3.88. The summed E-state index contributed by atoms with van der Waals surface area (Å²) in [6.45, 7) is 1.14. The molecule has 0 aliphatic rings. The Hall–Kier alpha value is -2.26. The van der Waals surface area contributed by atoms with Crippen molar-refractivity contribution >= 4 is 0 Å². The molecule has 0 saturated heterocycles. The highest BCUT2D eigenvalue weighted by atomic mass is 19.1. The number of nitriles is 1. The third-order valence-corrected chi connectivity index (χ3v) is 2.35. The zero-order valence-electron chi connectivity index (χ0n) is 9.56. The average Bonchev–Trinajstić information content (AvgIpc) is 2.87. The molecule has 2 aromatic rings. The first-order valence-electron chi connectivity index (χ1n) is 5.43. The monoisotopic (exact) mass is 246 g/mol. The summed E-state index contributed by atoms with van der Waals surface area (Å²) in [5.41, 5.74) is 1.06. The second-order valence-electron chi connectivity index (χ2n) is 3.73. The van der Waals surface area contributed by atoms with Gasteiger partial charge < -0.3 is 9.84 Å². The normalized spacial score (nSPS) is 10.2. The molecule has 5 nitrogen and oxygen atoms in total. The van der Waals surface area contributed by atoms with Crippen LogP contribution < -0.4 is 5.32 Å². The second-order valence-corrected chi connectivity index (χ2v) is 3.73. The van der Waals surface area contributed by atoms with E-state index in [1.165, 1.54) is 18.5 Å². The first-order valence-corrected chi connectivity index (χ1v) is 5.43. The van der Waals surface area contributed by atoms with Crippen molar-refractivity contribution in [2.45, 2.75) is 13.0 Å². The van der Waals surface area contributed by atoms with Crippen LogP contribution in [0.2, 0.25) is 0 Å². The summed E-state index contributed by atoms with van der Waals surface area (Å²) in [7, 11) is 0. The topological polar surface area (TPSA) is 74.7 Å². The van der Waals surface area contributed by atoms with Gasteiger partial charge in [0.1, 0.15) is 5.82 Å². The van der Waals surface area contributed by atoms with Crippen LogP contribution in [0.5, 0.6) is 0 Å². The summed E-state index contributed by atoms with van der Waals surface area (Å²) in [5.74, 6) is 0.225. The maximum atomic E-state index is 13.1. The molecule has 0 unspecified atom stereocenters. The lowest BCUT2D eigenvalue weighted by Gasteiger charge is -2.04. The van der Waals surface area contributed by atoms with Gasteiger partial charge in [0.05, 0.1) is 11.6 Å². The minimum atomic E-state index is -0.399. The number of aromatic nitrogens is 2. The lowest BCUT2D eigenvalue weighted by atomic mass is 10.1. The zero-order chi connectivity index (χ0) is 12.8. The highest BCUT2D eigenvalue weighted by molar-refractivity contribution is 5.33. The van der Waals surface area contributed by atoms with Gasteiger partial charge in [0.15, 0.2) is 5.82 Å². The first kappa shape index (κ1) is 12.2. The molecule has 18 heavy (non-hydrogen) atoms. The van der Waals surface area contributed by atoms with Gasteiger partial charge in [-0.15, -0.1) is 0 Å². The molecule has 2 rings (SSSR count). The quantitative estimate of drug-likeness (QED) is 0.807. The average molecular weight is 246 g/mol. The van der Waals surface area contributed by atoms with E-state index in [1.807, 2.05) is 6.07 Å². The number of benzene rings is 1. The molecule has 0 fully saturated rings. The van der Waals surface area contributed by atoms with Crippen molar-refractivity contribution in [1.82, 2.24) is 15.5 Å². The molecule has 0 saturated carbocycles. The Morgan fingerprint density at radius 2 is 2.28 bits per heavy atom. The van der Waals surface area contributed by atoms with Gasteiger partial charge >= 0.3 is 0 Å². The van der Waals surface area contributed by atoms with Crippen molar-refractivity contribution in [3.05, 3.63) is 47.4 Å². The number of hydrogen-bond donors (Lipinski definition) is 1. The van der Waals surface area contributed by atoms with Crippen LogP contribution in [0.25, 0.3) is 0 Å². The van der Waals surface area contributed by atoms with Crippen molar-refractivity contribution in [3.8, 4) is 6.07 Å². The third kappa shape index (κ3) is 3.37. The molecule has 1 heterocycles. The van der Waals surface area contributed by atoms with Crippen molar-refractivity contribution in [2.24, 2.45) is 0 Å². The largest absolute Gasteiger partial charge is 0.343 e. The van der Waals surface area contributed by atoms with Crippen molar-refractivity contribution in [3.63, 3.8) is 0 Å². The second kappa shape index (κ2) is 5.89. The fourth-order valence-corrected chi connectivity index (χ4v) is 1.55. The number of nitrogens with zero attached hydrogens (tertiary/aromatic N) is 3. The van der Waals surface area contributed by atoms with E-state index in [0.717, 1.165) is 5.56 Å². The van der Waals surface area contributed by atoms with Gasteiger partial charge in [-0.05, 0) is 23.8 Å². The van der Waals surface area contributed by atoms with E-state index in [9.17, 15) is 4.39 Å². The smallest absolute Gasteiger partial charge is 0.213 e. The summed E-state index contributed by atoms with van der Waals surface area (Å²) in [6, 6.07) is 6.19. The standard InChI is InChI=1S/C12H11FN4O/c13-11-4-9(6-14)3-10(5-11)7-15-2-1-12-16-8-18-17-12/h3-5,8,15H,1-2,7H2. The highest BCUT2D eigenvalue weighted by Crippen LogP contribution is 2.08. The van der Waals surface area contributed by atoms with Gasteiger partial charge in [0.25, 0.3) is 0 Å². The molecule has 0 spiro atoms. The minimum absolute atomic E-state index is 0.324. The Bertz CT molecular complexity index is 548. The predicted octanol–water partition coefficient (Wildman–Crippen LogP) is 1.41. The van der Waals surface area contributed by atoms with Crippen molar-refractivity contribution < 1.29 is 8.91 Å². The summed E-state index contributed by atoms with van der Waals surface area (Å²) in [6.07, 6.45) is 1.91. The van der Waals surface area contributed by atoms with Gasteiger partial charge in [-0.2, -0.15) is 10.2 Å². The molecule has 0 amide bonds. The van der Waals surface area contributed by atoms with Crippen LogP contribution in [0.1, 0.15) is 17.0 Å². The molecule has 1 aromatic carbocycles. The van der Waals surface area contributed by atoms with Crippen LogP contribution in [0, 0.1) is 17.1 Å². The summed E-state index contributed by atoms with van der Waals surface area (Å²) < 4.78 is 17.7. The van der Waals surface area contributed by atoms with E-state index in [1.54, 1.807) is 6.07 Å². The van der Waals surface area contributed by atoms with E-state index >= 15 is 0 Å². The molecule has 92 valence electrons. The van der Waals surface area contributed by atoms with E-state index in [2.05, 4.69) is 20.0 Å². The van der Waals surface area contributed by atoms with Crippen molar-refractivity contribution in [2.75, 3.05) is 6.54 Å². The Morgan fingerprint density at radius 1 is 1.39 bits per heavy atom. The number of halogens is 1. The van der Waals surface area contributed by atoms with Gasteiger partial charge in [-0.25, -0.2) is 4.39 Å². The molecule has 6 heteroatoms. The Kier molecular flexibility index (Phi) is 3.99. The maximum absolute atomic E-state index is 13.1. The van der Waals surface area contributed by atoms with Gasteiger partial charge in [-0.3, -0.25) is 0 Å². The number of nitrogens with one attached hydrogen (secondary N) is 1. The van der Waals surface area contributed by atoms with Crippen LogP contribution in [-0.2, 0) is 13.0 Å². The molecule has 0 atom stereocenters. The molecule has 0 radical (unpaired) electrons. The molecule has 1 aromatic heterocycles. The Morgan fingerprint density at radius 3 is 3.00 bits per heavy atom.